The van der Waals surface area contributed by atoms with Gasteiger partial charge in [0.2, 0.25) is 0 Å². The van der Waals surface area contributed by atoms with Crippen LogP contribution in [-0.4, -0.2) is 16.3 Å². The molecule has 1 aliphatic rings. The summed E-state index contributed by atoms with van der Waals surface area (Å²) in [7, 11) is 0. The van der Waals surface area contributed by atoms with Crippen LogP contribution < -0.4 is 0 Å². The summed E-state index contributed by atoms with van der Waals surface area (Å²) in [6, 6.07) is 0. The van der Waals surface area contributed by atoms with Crippen LogP contribution >= 0.6 is 0 Å². The van der Waals surface area contributed by atoms with Gasteiger partial charge in [-0.25, -0.2) is 4.98 Å². The Balaban J connectivity index is 2.45. The summed E-state index contributed by atoms with van der Waals surface area (Å²) in [4.78, 5) is 15.9. The molecule has 1 N–H and O–H groups in total. The molecule has 0 unspecified atom stereocenters. The lowest BCUT2D eigenvalue weighted by molar-refractivity contribution is -0.141. The van der Waals surface area contributed by atoms with Crippen molar-refractivity contribution in [3.8, 4) is 0 Å². The molecule has 14 heavy (non-hydrogen) atoms. The number of H-pyrrole nitrogens is 1. The molecule has 1 heterocycles. The van der Waals surface area contributed by atoms with Gasteiger partial charge in [0, 0.05) is 5.92 Å². The van der Waals surface area contributed by atoms with E-state index in [9.17, 15) is 18.0 Å². The van der Waals surface area contributed by atoms with E-state index in [-0.39, 0.29) is 17.4 Å². The zero-order valence-corrected chi connectivity index (χ0v) is 7.06. The van der Waals surface area contributed by atoms with Crippen molar-refractivity contribution in [2.75, 3.05) is 0 Å². The third-order valence-electron chi connectivity index (χ3n) is 2.12. The van der Waals surface area contributed by atoms with E-state index in [1.807, 2.05) is 0 Å². The Morgan fingerprint density at radius 2 is 2.07 bits per heavy atom. The molecule has 1 aromatic heterocycles. The number of aromatic amines is 1. The first-order valence-corrected chi connectivity index (χ1v) is 4.14. The summed E-state index contributed by atoms with van der Waals surface area (Å²) < 4.78 is 37.2. The van der Waals surface area contributed by atoms with Crippen molar-refractivity contribution >= 4 is 6.29 Å². The van der Waals surface area contributed by atoms with Gasteiger partial charge in [-0.05, 0) is 12.8 Å². The molecule has 0 atom stereocenters. The Kier molecular flexibility index (Phi) is 1.87. The minimum atomic E-state index is -4.48. The van der Waals surface area contributed by atoms with Gasteiger partial charge in [-0.2, -0.15) is 13.2 Å². The summed E-state index contributed by atoms with van der Waals surface area (Å²) in [5.41, 5.74) is -0.887. The monoisotopic (exact) mass is 204 g/mol. The minimum absolute atomic E-state index is 0.0552. The third-order valence-corrected chi connectivity index (χ3v) is 2.12. The number of nitrogens with zero attached hydrogens (tertiary/aromatic N) is 1. The number of alkyl halides is 3. The van der Waals surface area contributed by atoms with Crippen LogP contribution in [0.1, 0.15) is 40.8 Å². The van der Waals surface area contributed by atoms with E-state index < -0.39 is 11.9 Å². The molecule has 0 radical (unpaired) electrons. The summed E-state index contributed by atoms with van der Waals surface area (Å²) in [6.07, 6.45) is -2.73. The Bertz CT molecular complexity index is 365. The number of carbonyl (C=O) groups is 1. The maximum atomic E-state index is 12.4. The maximum Gasteiger partial charge on any atom is 0.435 e. The van der Waals surface area contributed by atoms with Crippen LogP contribution in [-0.2, 0) is 6.18 Å². The Morgan fingerprint density at radius 1 is 1.43 bits per heavy atom. The highest BCUT2D eigenvalue weighted by molar-refractivity contribution is 5.69. The third kappa shape index (κ3) is 1.51. The molecule has 1 aliphatic carbocycles. The van der Waals surface area contributed by atoms with Gasteiger partial charge in [-0.15, -0.1) is 0 Å². The van der Waals surface area contributed by atoms with Crippen LogP contribution in [0.2, 0.25) is 0 Å². The smallest absolute Gasteiger partial charge is 0.339 e. The number of nitrogens with one attached hydrogen (secondary N) is 1. The zero-order chi connectivity index (χ0) is 10.3. The van der Waals surface area contributed by atoms with E-state index in [4.69, 9.17) is 0 Å². The lowest BCUT2D eigenvalue weighted by atomic mass is 10.2. The van der Waals surface area contributed by atoms with E-state index >= 15 is 0 Å². The second kappa shape index (κ2) is 2.83. The quantitative estimate of drug-likeness (QED) is 0.750. The van der Waals surface area contributed by atoms with Crippen molar-refractivity contribution in [2.24, 2.45) is 0 Å². The Hall–Kier alpha value is -1.33. The fraction of sp³-hybridized carbons (Fsp3) is 0.500. The van der Waals surface area contributed by atoms with Crippen molar-refractivity contribution in [1.29, 1.82) is 0 Å². The van der Waals surface area contributed by atoms with E-state index in [0.29, 0.717) is 6.29 Å². The van der Waals surface area contributed by atoms with Crippen molar-refractivity contribution in [1.82, 2.24) is 9.97 Å². The second-order valence-corrected chi connectivity index (χ2v) is 3.27. The van der Waals surface area contributed by atoms with Crippen molar-refractivity contribution in [2.45, 2.75) is 24.9 Å². The van der Waals surface area contributed by atoms with E-state index in [1.165, 1.54) is 0 Å². The molecule has 1 saturated carbocycles. The molecule has 1 aromatic rings. The van der Waals surface area contributed by atoms with Crippen LogP contribution in [0.3, 0.4) is 0 Å². The topological polar surface area (TPSA) is 45.8 Å². The van der Waals surface area contributed by atoms with Gasteiger partial charge >= 0.3 is 6.18 Å². The Morgan fingerprint density at radius 3 is 2.50 bits per heavy atom. The summed E-state index contributed by atoms with van der Waals surface area (Å²) in [5.74, 6) is -0.355. The highest BCUT2D eigenvalue weighted by atomic mass is 19.4. The summed E-state index contributed by atoms with van der Waals surface area (Å²) >= 11 is 0. The highest BCUT2D eigenvalue weighted by Crippen LogP contribution is 2.44. The van der Waals surface area contributed by atoms with E-state index in [2.05, 4.69) is 9.97 Å². The van der Waals surface area contributed by atoms with Crippen LogP contribution in [0, 0.1) is 0 Å². The van der Waals surface area contributed by atoms with Gasteiger partial charge in [-0.1, -0.05) is 0 Å². The van der Waals surface area contributed by atoms with Gasteiger partial charge in [0.15, 0.2) is 17.8 Å². The molecule has 0 spiro atoms. The molecular weight excluding hydrogens is 197 g/mol. The van der Waals surface area contributed by atoms with Crippen molar-refractivity contribution < 1.29 is 18.0 Å². The average molecular weight is 204 g/mol. The SMILES string of the molecule is O=Cc1nc(C(F)(F)F)c(C2CC2)[nH]1. The standard InChI is InChI=1S/C8H7F3N2O/c9-8(10,11)7-6(4-1-2-4)12-5(3-14)13-7/h3-4H,1-2H2,(H,12,13). The van der Waals surface area contributed by atoms with Crippen molar-refractivity contribution in [3.63, 3.8) is 0 Å². The van der Waals surface area contributed by atoms with Gasteiger partial charge in [0.1, 0.15) is 0 Å². The number of hydrogen-bond acceptors (Lipinski definition) is 2. The van der Waals surface area contributed by atoms with Crippen LogP contribution in [0.15, 0.2) is 0 Å². The lowest BCUT2D eigenvalue weighted by Crippen LogP contribution is -2.08. The van der Waals surface area contributed by atoms with Crippen molar-refractivity contribution in [3.05, 3.63) is 17.2 Å². The highest BCUT2D eigenvalue weighted by Gasteiger charge is 2.41. The van der Waals surface area contributed by atoms with Crippen LogP contribution in [0.5, 0.6) is 0 Å². The van der Waals surface area contributed by atoms with Gasteiger partial charge < -0.3 is 4.98 Å². The summed E-state index contributed by atoms with van der Waals surface area (Å²) in [5, 5.41) is 0. The second-order valence-electron chi connectivity index (χ2n) is 3.27. The fourth-order valence-electron chi connectivity index (χ4n) is 1.35. The lowest BCUT2D eigenvalue weighted by Gasteiger charge is -2.04. The van der Waals surface area contributed by atoms with Gasteiger partial charge in [-0.3, -0.25) is 4.79 Å². The Labute approximate surface area is 77.3 Å². The minimum Gasteiger partial charge on any atom is -0.339 e. The molecule has 0 bridgehead atoms. The first kappa shape index (κ1) is 9.23. The first-order valence-electron chi connectivity index (χ1n) is 4.14. The van der Waals surface area contributed by atoms with Crippen LogP contribution in [0.4, 0.5) is 13.2 Å². The molecule has 2 rings (SSSR count). The predicted molar refractivity (Wildman–Crippen MR) is 41.0 cm³/mol. The number of imidazole rings is 1. The number of rotatable bonds is 2. The molecular formula is C8H7F3N2O. The molecule has 76 valence electrons. The van der Waals surface area contributed by atoms with E-state index in [1.54, 1.807) is 0 Å². The molecule has 0 amide bonds. The number of aldehydes is 1. The zero-order valence-electron chi connectivity index (χ0n) is 7.06. The number of hydrogen-bond donors (Lipinski definition) is 1. The predicted octanol–water partition coefficient (Wildman–Crippen LogP) is 2.12. The molecule has 0 aromatic carbocycles. The van der Waals surface area contributed by atoms with Crippen LogP contribution in [0.25, 0.3) is 0 Å². The number of halogens is 3. The van der Waals surface area contributed by atoms with E-state index in [0.717, 1.165) is 12.8 Å². The summed E-state index contributed by atoms with van der Waals surface area (Å²) in [6.45, 7) is 0. The fourth-order valence-corrected chi connectivity index (χ4v) is 1.35. The van der Waals surface area contributed by atoms with Gasteiger partial charge in [0.05, 0.1) is 5.69 Å². The average Bonchev–Trinajstić information content (AvgIpc) is 2.83. The maximum absolute atomic E-state index is 12.4. The largest absolute Gasteiger partial charge is 0.435 e. The number of aromatic nitrogens is 2. The van der Waals surface area contributed by atoms with Gasteiger partial charge in [0.25, 0.3) is 0 Å². The first-order chi connectivity index (χ1) is 6.52. The normalized spacial score (nSPS) is 17.1. The number of carbonyl (C=O) groups excluding carboxylic acids is 1. The molecule has 0 aliphatic heterocycles. The molecule has 1 fully saturated rings. The molecule has 3 nitrogen and oxygen atoms in total. The molecule has 6 heteroatoms. The molecule has 0 saturated heterocycles.